The van der Waals surface area contributed by atoms with Crippen LogP contribution in [-0.2, 0) is 6.42 Å². The number of hydrogen-bond donors (Lipinski definition) is 0. The summed E-state index contributed by atoms with van der Waals surface area (Å²) in [5.74, 6) is 1.79. The molecule has 120 valence electrons. The largest absolute Gasteiger partial charge is 0.497 e. The summed E-state index contributed by atoms with van der Waals surface area (Å²) in [5, 5.41) is 0. The number of fused-ring (bicyclic) bond motifs is 1. The number of anilines is 1. The zero-order valence-corrected chi connectivity index (χ0v) is 13.7. The van der Waals surface area contributed by atoms with Gasteiger partial charge in [-0.15, -0.1) is 0 Å². The van der Waals surface area contributed by atoms with Gasteiger partial charge in [-0.1, -0.05) is 19.1 Å². The summed E-state index contributed by atoms with van der Waals surface area (Å²) in [6, 6.07) is 13.2. The van der Waals surface area contributed by atoms with E-state index >= 15 is 0 Å². The summed E-state index contributed by atoms with van der Waals surface area (Å²) in [5.41, 5.74) is 2.69. The van der Waals surface area contributed by atoms with Gasteiger partial charge in [-0.3, -0.25) is 4.79 Å². The van der Waals surface area contributed by atoms with Gasteiger partial charge >= 0.3 is 0 Å². The summed E-state index contributed by atoms with van der Waals surface area (Å²) >= 11 is 0. The number of hydrogen-bond acceptors (Lipinski definition) is 3. The number of nitrogens with zero attached hydrogens (tertiary/aromatic N) is 1. The van der Waals surface area contributed by atoms with Crippen LogP contribution >= 0.6 is 0 Å². The Bertz CT molecular complexity index is 726. The Labute approximate surface area is 136 Å². The molecule has 0 saturated heterocycles. The third kappa shape index (κ3) is 2.89. The Morgan fingerprint density at radius 3 is 2.65 bits per heavy atom. The Morgan fingerprint density at radius 2 is 1.91 bits per heavy atom. The first kappa shape index (κ1) is 15.4. The van der Waals surface area contributed by atoms with Crippen LogP contribution < -0.4 is 14.4 Å². The van der Waals surface area contributed by atoms with E-state index in [1.54, 1.807) is 14.2 Å². The topological polar surface area (TPSA) is 38.8 Å². The molecule has 0 aromatic heterocycles. The van der Waals surface area contributed by atoms with Gasteiger partial charge in [0.15, 0.2) is 0 Å². The van der Waals surface area contributed by atoms with Crippen LogP contribution in [0.2, 0.25) is 0 Å². The van der Waals surface area contributed by atoms with Crippen LogP contribution in [0.5, 0.6) is 11.5 Å². The van der Waals surface area contributed by atoms with Crippen molar-refractivity contribution in [2.45, 2.75) is 13.3 Å². The van der Waals surface area contributed by atoms with E-state index in [9.17, 15) is 4.79 Å². The fourth-order valence-electron chi connectivity index (χ4n) is 3.12. The second kappa shape index (κ2) is 6.32. The van der Waals surface area contributed by atoms with Gasteiger partial charge in [0, 0.05) is 12.2 Å². The Morgan fingerprint density at radius 1 is 1.13 bits per heavy atom. The molecule has 2 aromatic rings. The summed E-state index contributed by atoms with van der Waals surface area (Å²) < 4.78 is 10.7. The van der Waals surface area contributed by atoms with Gasteiger partial charge in [0.25, 0.3) is 5.91 Å². The number of rotatable bonds is 3. The molecule has 0 N–H and O–H groups in total. The number of ether oxygens (including phenoxy) is 2. The van der Waals surface area contributed by atoms with Crippen molar-refractivity contribution in [2.75, 3.05) is 25.7 Å². The molecule has 4 heteroatoms. The molecule has 2 aromatic carbocycles. The summed E-state index contributed by atoms with van der Waals surface area (Å²) in [6.45, 7) is 2.86. The van der Waals surface area contributed by atoms with E-state index in [1.165, 1.54) is 0 Å². The van der Waals surface area contributed by atoms with Crippen molar-refractivity contribution in [3.8, 4) is 11.5 Å². The van der Waals surface area contributed by atoms with Crippen molar-refractivity contribution in [1.29, 1.82) is 0 Å². The SMILES string of the molecule is COc1ccc2c(c1)CC(C)CN2C(=O)c1ccccc1OC. The van der Waals surface area contributed by atoms with Crippen molar-refractivity contribution in [2.24, 2.45) is 5.92 Å². The molecule has 0 saturated carbocycles. The predicted molar refractivity (Wildman–Crippen MR) is 90.5 cm³/mol. The van der Waals surface area contributed by atoms with Crippen molar-refractivity contribution >= 4 is 11.6 Å². The smallest absolute Gasteiger partial charge is 0.262 e. The van der Waals surface area contributed by atoms with E-state index < -0.39 is 0 Å². The lowest BCUT2D eigenvalue weighted by molar-refractivity contribution is 0.0978. The number of methoxy groups -OCH3 is 2. The van der Waals surface area contributed by atoms with Gasteiger partial charge in [-0.2, -0.15) is 0 Å². The molecule has 1 aliphatic heterocycles. The molecule has 4 nitrogen and oxygen atoms in total. The van der Waals surface area contributed by atoms with E-state index in [2.05, 4.69) is 6.92 Å². The molecule has 1 heterocycles. The first-order valence-electron chi connectivity index (χ1n) is 7.76. The highest BCUT2D eigenvalue weighted by atomic mass is 16.5. The lowest BCUT2D eigenvalue weighted by Crippen LogP contribution is -2.39. The van der Waals surface area contributed by atoms with Crippen molar-refractivity contribution in [1.82, 2.24) is 0 Å². The maximum atomic E-state index is 13.1. The summed E-state index contributed by atoms with van der Waals surface area (Å²) in [4.78, 5) is 14.9. The number of para-hydroxylation sites is 1. The maximum Gasteiger partial charge on any atom is 0.262 e. The average molecular weight is 311 g/mol. The monoisotopic (exact) mass is 311 g/mol. The van der Waals surface area contributed by atoms with Gasteiger partial charge in [-0.25, -0.2) is 0 Å². The third-order valence-electron chi connectivity index (χ3n) is 4.22. The van der Waals surface area contributed by atoms with Crippen LogP contribution in [0.3, 0.4) is 0 Å². The molecule has 0 spiro atoms. The maximum absolute atomic E-state index is 13.1. The Balaban J connectivity index is 2.02. The number of carbonyl (C=O) groups is 1. The van der Waals surface area contributed by atoms with Gasteiger partial charge < -0.3 is 14.4 Å². The highest BCUT2D eigenvalue weighted by Crippen LogP contribution is 2.34. The minimum Gasteiger partial charge on any atom is -0.497 e. The number of carbonyl (C=O) groups excluding carboxylic acids is 1. The Kier molecular flexibility index (Phi) is 4.24. The van der Waals surface area contributed by atoms with Crippen LogP contribution in [0.15, 0.2) is 42.5 Å². The first-order chi connectivity index (χ1) is 11.1. The molecule has 1 atom stereocenters. The molecule has 1 unspecified atom stereocenters. The molecule has 0 bridgehead atoms. The van der Waals surface area contributed by atoms with Gasteiger partial charge in [0.05, 0.1) is 19.8 Å². The molecule has 3 rings (SSSR count). The standard InChI is InChI=1S/C19H21NO3/c1-13-10-14-11-15(22-2)8-9-17(14)20(12-13)19(21)16-6-4-5-7-18(16)23-3/h4-9,11,13H,10,12H2,1-3H3. The quantitative estimate of drug-likeness (QED) is 0.870. The van der Waals surface area contributed by atoms with Crippen LogP contribution in [0.25, 0.3) is 0 Å². The van der Waals surface area contributed by atoms with Crippen molar-refractivity contribution in [3.05, 3.63) is 53.6 Å². The first-order valence-corrected chi connectivity index (χ1v) is 7.76. The minimum absolute atomic E-state index is 0.0274. The lowest BCUT2D eigenvalue weighted by Gasteiger charge is -2.33. The highest BCUT2D eigenvalue weighted by molar-refractivity contribution is 6.08. The zero-order valence-electron chi connectivity index (χ0n) is 13.7. The lowest BCUT2D eigenvalue weighted by atomic mass is 9.93. The van der Waals surface area contributed by atoms with Crippen LogP contribution in [-0.4, -0.2) is 26.7 Å². The fraction of sp³-hybridized carbons (Fsp3) is 0.316. The normalized spacial score (nSPS) is 16.7. The zero-order chi connectivity index (χ0) is 16.4. The van der Waals surface area contributed by atoms with Gasteiger partial charge in [-0.05, 0) is 48.2 Å². The van der Waals surface area contributed by atoms with E-state index in [4.69, 9.17) is 9.47 Å². The van der Waals surface area contributed by atoms with Crippen molar-refractivity contribution < 1.29 is 14.3 Å². The van der Waals surface area contributed by atoms with Crippen LogP contribution in [0.4, 0.5) is 5.69 Å². The van der Waals surface area contributed by atoms with Gasteiger partial charge in [0.1, 0.15) is 11.5 Å². The molecule has 1 aliphatic rings. The number of benzene rings is 2. The van der Waals surface area contributed by atoms with E-state index in [1.807, 2.05) is 47.4 Å². The number of amides is 1. The molecule has 1 amide bonds. The van der Waals surface area contributed by atoms with E-state index in [0.717, 1.165) is 23.4 Å². The summed E-state index contributed by atoms with van der Waals surface area (Å²) in [7, 11) is 3.25. The molecular formula is C19H21NO3. The predicted octanol–water partition coefficient (Wildman–Crippen LogP) is 3.54. The van der Waals surface area contributed by atoms with Crippen LogP contribution in [0.1, 0.15) is 22.8 Å². The second-order valence-corrected chi connectivity index (χ2v) is 5.92. The molecule has 0 radical (unpaired) electrons. The molecule has 23 heavy (non-hydrogen) atoms. The molecule has 0 fully saturated rings. The fourth-order valence-corrected chi connectivity index (χ4v) is 3.12. The summed E-state index contributed by atoms with van der Waals surface area (Å²) in [6.07, 6.45) is 0.947. The highest BCUT2D eigenvalue weighted by Gasteiger charge is 2.28. The average Bonchev–Trinajstić information content (AvgIpc) is 2.59. The Hall–Kier alpha value is -2.49. The van der Waals surface area contributed by atoms with Crippen molar-refractivity contribution in [3.63, 3.8) is 0 Å². The third-order valence-corrected chi connectivity index (χ3v) is 4.22. The van der Waals surface area contributed by atoms with Crippen LogP contribution in [0, 0.1) is 5.92 Å². The minimum atomic E-state index is -0.0274. The van der Waals surface area contributed by atoms with E-state index in [-0.39, 0.29) is 5.91 Å². The molecular weight excluding hydrogens is 290 g/mol. The van der Waals surface area contributed by atoms with E-state index in [0.29, 0.717) is 23.8 Å². The van der Waals surface area contributed by atoms with Gasteiger partial charge in [0.2, 0.25) is 0 Å². The molecule has 0 aliphatic carbocycles. The second-order valence-electron chi connectivity index (χ2n) is 5.92.